The van der Waals surface area contributed by atoms with Crippen molar-refractivity contribution in [1.82, 2.24) is 15.8 Å². The zero-order valence-corrected chi connectivity index (χ0v) is 14.2. The van der Waals surface area contributed by atoms with Gasteiger partial charge in [-0.25, -0.2) is 4.99 Å². The Kier molecular flexibility index (Phi) is 4.20. The van der Waals surface area contributed by atoms with E-state index in [0.717, 1.165) is 24.4 Å². The van der Waals surface area contributed by atoms with Crippen molar-refractivity contribution < 1.29 is 0 Å². The van der Waals surface area contributed by atoms with Crippen molar-refractivity contribution in [3.05, 3.63) is 34.9 Å². The summed E-state index contributed by atoms with van der Waals surface area (Å²) in [6, 6.07) is 7.33. The molecule has 1 aromatic rings. The summed E-state index contributed by atoms with van der Waals surface area (Å²) >= 11 is 0. The van der Waals surface area contributed by atoms with Crippen LogP contribution in [0.25, 0.3) is 0 Å². The third-order valence-corrected chi connectivity index (χ3v) is 5.73. The topological polar surface area (TPSA) is 91.7 Å². The van der Waals surface area contributed by atoms with Crippen LogP contribution in [-0.2, 0) is 18.6 Å². The lowest BCUT2D eigenvalue weighted by molar-refractivity contribution is 0.195. The van der Waals surface area contributed by atoms with E-state index >= 15 is 0 Å². The first-order chi connectivity index (χ1) is 11.6. The summed E-state index contributed by atoms with van der Waals surface area (Å²) in [5.41, 5.74) is 21.6. The quantitative estimate of drug-likeness (QED) is 0.648. The molecule has 1 fully saturated rings. The van der Waals surface area contributed by atoms with E-state index in [1.54, 1.807) is 0 Å². The zero-order chi connectivity index (χ0) is 16.6. The van der Waals surface area contributed by atoms with Crippen molar-refractivity contribution in [2.75, 3.05) is 13.1 Å². The van der Waals surface area contributed by atoms with Crippen LogP contribution < -0.4 is 22.3 Å². The number of guanidine groups is 1. The van der Waals surface area contributed by atoms with Gasteiger partial charge in [-0.3, -0.25) is 11.2 Å². The van der Waals surface area contributed by atoms with Crippen LogP contribution in [0.3, 0.4) is 0 Å². The number of fused-ring (bicyclic) bond motifs is 1. The van der Waals surface area contributed by atoms with Gasteiger partial charge in [0.2, 0.25) is 11.7 Å². The molecule has 4 rings (SSSR count). The van der Waals surface area contributed by atoms with Gasteiger partial charge in [-0.15, -0.1) is 0 Å². The summed E-state index contributed by atoms with van der Waals surface area (Å²) in [6.45, 7) is 2.39. The summed E-state index contributed by atoms with van der Waals surface area (Å²) in [5, 5.41) is 0. The molecule has 1 aromatic carbocycles. The van der Waals surface area contributed by atoms with Gasteiger partial charge in [0.25, 0.3) is 0 Å². The highest BCUT2D eigenvalue weighted by Crippen LogP contribution is 2.28. The monoisotopic (exact) mass is 328 g/mol. The minimum absolute atomic E-state index is 0.330. The SMILES string of the molecule is NC1=NC(N)(c2ccc3c(c2)CCCN(C2CCCC2)CC3)NN1. The molecule has 2 heterocycles. The molecule has 0 radical (unpaired) electrons. The number of aryl methyl sites for hydroxylation is 1. The van der Waals surface area contributed by atoms with E-state index in [1.165, 1.54) is 56.3 Å². The molecular formula is C18H28N6. The van der Waals surface area contributed by atoms with Crippen molar-refractivity contribution in [2.24, 2.45) is 16.5 Å². The highest BCUT2D eigenvalue weighted by atomic mass is 15.6. The number of nitrogens with one attached hydrogen (secondary N) is 2. The molecule has 6 N–H and O–H groups in total. The molecular weight excluding hydrogens is 300 g/mol. The Bertz CT molecular complexity index is 636. The second-order valence-electron chi connectivity index (χ2n) is 7.32. The van der Waals surface area contributed by atoms with Crippen LogP contribution in [0.4, 0.5) is 0 Å². The predicted octanol–water partition coefficient (Wildman–Crippen LogP) is 0.911. The fourth-order valence-electron chi connectivity index (χ4n) is 4.36. The molecule has 0 saturated heterocycles. The number of nitrogens with zero attached hydrogens (tertiary/aromatic N) is 2. The van der Waals surface area contributed by atoms with Crippen molar-refractivity contribution >= 4 is 5.96 Å². The summed E-state index contributed by atoms with van der Waals surface area (Å²) in [7, 11) is 0. The van der Waals surface area contributed by atoms with Gasteiger partial charge in [-0.2, -0.15) is 5.43 Å². The molecule has 1 atom stereocenters. The Labute approximate surface area is 143 Å². The fourth-order valence-corrected chi connectivity index (χ4v) is 4.36. The molecule has 0 spiro atoms. The minimum Gasteiger partial charge on any atom is -0.369 e. The lowest BCUT2D eigenvalue weighted by Crippen LogP contribution is -2.50. The zero-order valence-electron chi connectivity index (χ0n) is 14.2. The van der Waals surface area contributed by atoms with E-state index in [4.69, 9.17) is 11.5 Å². The number of hydrazine groups is 1. The van der Waals surface area contributed by atoms with Crippen molar-refractivity contribution in [3.63, 3.8) is 0 Å². The first-order valence-electron chi connectivity index (χ1n) is 9.18. The van der Waals surface area contributed by atoms with Gasteiger partial charge in [-0.1, -0.05) is 31.0 Å². The Hall–Kier alpha value is -1.63. The summed E-state index contributed by atoms with van der Waals surface area (Å²) in [5.74, 6) is -0.631. The maximum absolute atomic E-state index is 6.33. The summed E-state index contributed by atoms with van der Waals surface area (Å²) < 4.78 is 0. The van der Waals surface area contributed by atoms with Gasteiger partial charge in [0.15, 0.2) is 0 Å². The highest BCUT2D eigenvalue weighted by Gasteiger charge is 2.32. The Balaban J connectivity index is 1.52. The summed E-state index contributed by atoms with van der Waals surface area (Å²) in [4.78, 5) is 7.01. The molecule has 6 nitrogen and oxygen atoms in total. The van der Waals surface area contributed by atoms with Crippen LogP contribution in [0, 0.1) is 0 Å². The van der Waals surface area contributed by atoms with E-state index in [2.05, 4.69) is 38.9 Å². The van der Waals surface area contributed by atoms with Crippen LogP contribution >= 0.6 is 0 Å². The smallest absolute Gasteiger partial charge is 0.209 e. The first kappa shape index (κ1) is 15.9. The minimum atomic E-state index is -0.961. The van der Waals surface area contributed by atoms with Crippen LogP contribution in [0.5, 0.6) is 0 Å². The van der Waals surface area contributed by atoms with Crippen LogP contribution in [0.2, 0.25) is 0 Å². The third kappa shape index (κ3) is 3.01. The molecule has 130 valence electrons. The third-order valence-electron chi connectivity index (χ3n) is 5.73. The Morgan fingerprint density at radius 3 is 2.67 bits per heavy atom. The molecule has 2 aliphatic heterocycles. The van der Waals surface area contributed by atoms with Gasteiger partial charge in [0, 0.05) is 18.2 Å². The van der Waals surface area contributed by atoms with Crippen molar-refractivity contribution in [2.45, 2.75) is 56.8 Å². The number of hydrogen-bond donors (Lipinski definition) is 4. The molecule has 0 aromatic heterocycles. The largest absolute Gasteiger partial charge is 0.369 e. The van der Waals surface area contributed by atoms with Crippen molar-refractivity contribution in [1.29, 1.82) is 0 Å². The van der Waals surface area contributed by atoms with Gasteiger partial charge >= 0.3 is 0 Å². The van der Waals surface area contributed by atoms with E-state index < -0.39 is 5.79 Å². The molecule has 1 unspecified atom stereocenters. The number of benzene rings is 1. The maximum Gasteiger partial charge on any atom is 0.209 e. The molecule has 1 aliphatic carbocycles. The second kappa shape index (κ2) is 6.35. The normalized spacial score (nSPS) is 28.8. The van der Waals surface area contributed by atoms with Crippen LogP contribution in [0.15, 0.2) is 23.2 Å². The molecule has 0 bridgehead atoms. The van der Waals surface area contributed by atoms with Crippen LogP contribution in [-0.4, -0.2) is 30.0 Å². The summed E-state index contributed by atoms with van der Waals surface area (Å²) in [6.07, 6.45) is 9.03. The molecule has 6 heteroatoms. The molecule has 24 heavy (non-hydrogen) atoms. The van der Waals surface area contributed by atoms with E-state index in [9.17, 15) is 0 Å². The van der Waals surface area contributed by atoms with Crippen molar-refractivity contribution in [3.8, 4) is 0 Å². The second-order valence-corrected chi connectivity index (χ2v) is 7.32. The van der Waals surface area contributed by atoms with E-state index in [-0.39, 0.29) is 0 Å². The van der Waals surface area contributed by atoms with Gasteiger partial charge < -0.3 is 10.6 Å². The highest BCUT2D eigenvalue weighted by molar-refractivity contribution is 5.79. The number of hydrogen-bond acceptors (Lipinski definition) is 6. The number of rotatable bonds is 2. The Morgan fingerprint density at radius 1 is 1.08 bits per heavy atom. The van der Waals surface area contributed by atoms with Gasteiger partial charge in [-0.05, 0) is 49.8 Å². The lowest BCUT2D eigenvalue weighted by Gasteiger charge is -2.31. The average molecular weight is 328 g/mol. The van der Waals surface area contributed by atoms with Crippen LogP contribution in [0.1, 0.15) is 48.8 Å². The standard InChI is InChI=1S/C18H28N6/c19-17-21-18(20,23-22-17)15-8-7-13-9-11-24(16-5-1-2-6-16)10-3-4-14(13)12-15/h7-8,12,16,23H,1-6,9-11,20H2,(H3,19,21,22). The average Bonchev–Trinajstić information content (AvgIpc) is 3.19. The van der Waals surface area contributed by atoms with Gasteiger partial charge in [0.05, 0.1) is 0 Å². The first-order valence-corrected chi connectivity index (χ1v) is 9.18. The molecule has 3 aliphatic rings. The maximum atomic E-state index is 6.33. The fraction of sp³-hybridized carbons (Fsp3) is 0.611. The number of aliphatic imine (C=N–C) groups is 1. The number of nitrogens with two attached hydrogens (primary N) is 2. The van der Waals surface area contributed by atoms with E-state index in [1.807, 2.05) is 0 Å². The predicted molar refractivity (Wildman–Crippen MR) is 96.1 cm³/mol. The Morgan fingerprint density at radius 2 is 1.92 bits per heavy atom. The lowest BCUT2D eigenvalue weighted by atomic mass is 9.93. The van der Waals surface area contributed by atoms with Gasteiger partial charge in [0.1, 0.15) is 0 Å². The molecule has 1 saturated carbocycles. The van der Waals surface area contributed by atoms with E-state index in [0.29, 0.717) is 5.96 Å². The molecule has 0 amide bonds.